The first-order valence-electron chi connectivity index (χ1n) is 15.3. The number of carbonyl (C=O) groups is 3. The number of fused-ring (bicyclic) bond motifs is 2. The van der Waals surface area contributed by atoms with Crippen molar-refractivity contribution in [2.24, 2.45) is 5.73 Å². The lowest BCUT2D eigenvalue weighted by Gasteiger charge is -2.22. The molecular weight excluding hydrogens is 618 g/mol. The second-order valence-corrected chi connectivity index (χ2v) is 10.7. The van der Waals surface area contributed by atoms with E-state index in [4.69, 9.17) is 19.9 Å². The Morgan fingerprint density at radius 3 is 1.94 bits per heavy atom. The number of methoxy groups -OCH3 is 1. The number of benzene rings is 4. The molecule has 248 valence electrons. The third-order valence-electron chi connectivity index (χ3n) is 7.55. The van der Waals surface area contributed by atoms with Gasteiger partial charge in [-0.05, 0) is 65.9 Å². The molecule has 0 aliphatic heterocycles. The largest absolute Gasteiger partial charge is 0.489 e. The lowest BCUT2D eigenvalue weighted by Crippen LogP contribution is -2.52. The van der Waals surface area contributed by atoms with Gasteiger partial charge in [-0.2, -0.15) is 0 Å². The van der Waals surface area contributed by atoms with E-state index < -0.39 is 29.9 Å². The summed E-state index contributed by atoms with van der Waals surface area (Å²) in [5.74, 6) is -0.465. The van der Waals surface area contributed by atoms with Crippen molar-refractivity contribution in [3.63, 3.8) is 0 Å². The molecule has 0 radical (unpaired) electrons. The van der Waals surface area contributed by atoms with Crippen LogP contribution >= 0.6 is 12.4 Å². The second-order valence-electron chi connectivity index (χ2n) is 10.7. The molecule has 4 aromatic rings. The normalized spacial score (nSPS) is 11.9. The number of hydrogen-bond acceptors (Lipinski definition) is 7. The summed E-state index contributed by atoms with van der Waals surface area (Å²) in [7, 11) is 1.25. The van der Waals surface area contributed by atoms with E-state index in [9.17, 15) is 14.4 Å². The van der Waals surface area contributed by atoms with Crippen LogP contribution in [0.25, 0.3) is 32.7 Å². The minimum Gasteiger partial charge on any atom is -0.489 e. The van der Waals surface area contributed by atoms with Crippen molar-refractivity contribution in [3.05, 3.63) is 98.1 Å². The van der Waals surface area contributed by atoms with Crippen molar-refractivity contribution >= 4 is 51.7 Å². The number of amides is 2. The maximum absolute atomic E-state index is 13.3. The van der Waals surface area contributed by atoms with E-state index in [0.717, 1.165) is 32.7 Å². The highest BCUT2D eigenvalue weighted by atomic mass is 35.5. The Bertz CT molecular complexity index is 1710. The lowest BCUT2D eigenvalue weighted by molar-refractivity contribution is -0.145. The van der Waals surface area contributed by atoms with Gasteiger partial charge in [0, 0.05) is 11.1 Å². The SMILES string of the molecule is C=CCOc1ccc2ccccc2c1-c1c(OCC(=O)N[C@H](CCCCN)C(=O)N[C@H](CC=C)C(=O)OC)ccc2ccccc12.Cl. The molecule has 4 rings (SSSR count). The molecule has 0 saturated carbocycles. The van der Waals surface area contributed by atoms with Gasteiger partial charge in [0.25, 0.3) is 5.91 Å². The molecule has 0 aliphatic rings. The number of unbranched alkanes of at least 4 members (excludes halogenated alkanes) is 1. The molecule has 0 unspecified atom stereocenters. The fourth-order valence-corrected chi connectivity index (χ4v) is 5.34. The van der Waals surface area contributed by atoms with Crippen LogP contribution < -0.4 is 25.8 Å². The van der Waals surface area contributed by atoms with Gasteiger partial charge in [-0.1, -0.05) is 79.4 Å². The van der Waals surface area contributed by atoms with Crippen LogP contribution in [0.15, 0.2) is 98.1 Å². The van der Waals surface area contributed by atoms with Crippen LogP contribution in [-0.4, -0.2) is 56.7 Å². The standard InChI is InChI=1S/C37H41N3O6.ClH/c1-4-12-30(37(43)44-3)40-36(42)29(17-10-11-22-38)39-33(41)24-46-32-21-19-26-14-7-9-16-28(26)35(32)34-27-15-8-6-13-25(27)18-20-31(34)45-23-5-2;/h4-9,13-16,18-21,29-30H,1-2,10-12,17,22-24,38H2,3H3,(H,39,41)(H,40,42);1H/t29-,30-;/m1./s1. The fraction of sp³-hybridized carbons (Fsp3) is 0.270. The molecule has 0 bridgehead atoms. The Labute approximate surface area is 281 Å². The highest BCUT2D eigenvalue weighted by Gasteiger charge is 2.27. The molecule has 2 atom stereocenters. The summed E-state index contributed by atoms with van der Waals surface area (Å²) in [5.41, 5.74) is 7.28. The monoisotopic (exact) mass is 659 g/mol. The van der Waals surface area contributed by atoms with Gasteiger partial charge in [-0.3, -0.25) is 9.59 Å². The number of carbonyl (C=O) groups excluding carboxylic acids is 3. The molecule has 0 saturated heterocycles. The Balaban J connectivity index is 0.00000600. The Hall–Kier alpha value is -4.86. The van der Waals surface area contributed by atoms with Gasteiger partial charge in [0.05, 0.1) is 7.11 Å². The first-order valence-corrected chi connectivity index (χ1v) is 15.3. The number of esters is 1. The smallest absolute Gasteiger partial charge is 0.328 e. The van der Waals surface area contributed by atoms with Crippen molar-refractivity contribution in [1.29, 1.82) is 0 Å². The number of halogens is 1. The fourth-order valence-electron chi connectivity index (χ4n) is 5.34. The minimum atomic E-state index is -0.918. The van der Waals surface area contributed by atoms with Crippen molar-refractivity contribution in [1.82, 2.24) is 10.6 Å². The van der Waals surface area contributed by atoms with Crippen molar-refractivity contribution in [3.8, 4) is 22.6 Å². The molecule has 0 fully saturated rings. The molecule has 10 heteroatoms. The summed E-state index contributed by atoms with van der Waals surface area (Å²) >= 11 is 0. The van der Waals surface area contributed by atoms with E-state index in [2.05, 4.69) is 23.8 Å². The van der Waals surface area contributed by atoms with E-state index in [0.29, 0.717) is 43.9 Å². The highest BCUT2D eigenvalue weighted by Crippen LogP contribution is 2.45. The highest BCUT2D eigenvalue weighted by molar-refractivity contribution is 6.09. The topological polar surface area (TPSA) is 129 Å². The van der Waals surface area contributed by atoms with E-state index in [1.165, 1.54) is 13.2 Å². The molecule has 4 N–H and O–H groups in total. The zero-order valence-electron chi connectivity index (χ0n) is 26.5. The minimum absolute atomic E-state index is 0. The van der Waals surface area contributed by atoms with Crippen molar-refractivity contribution < 1.29 is 28.6 Å². The summed E-state index contributed by atoms with van der Waals surface area (Å²) < 4.78 is 17.2. The van der Waals surface area contributed by atoms with Gasteiger partial charge in [0.15, 0.2) is 6.61 Å². The Morgan fingerprint density at radius 1 is 0.787 bits per heavy atom. The molecule has 9 nitrogen and oxygen atoms in total. The summed E-state index contributed by atoms with van der Waals surface area (Å²) in [6.07, 6.45) is 4.99. The molecule has 0 aliphatic carbocycles. The number of ether oxygens (including phenoxy) is 3. The van der Waals surface area contributed by atoms with Crippen molar-refractivity contribution in [2.45, 2.75) is 37.8 Å². The van der Waals surface area contributed by atoms with Crippen LogP contribution in [0.2, 0.25) is 0 Å². The number of nitrogens with two attached hydrogens (primary N) is 1. The molecule has 0 aromatic heterocycles. The van der Waals surface area contributed by atoms with E-state index in [1.807, 2.05) is 72.8 Å². The maximum atomic E-state index is 13.3. The summed E-state index contributed by atoms with van der Waals surface area (Å²) in [4.78, 5) is 38.7. The van der Waals surface area contributed by atoms with Crippen LogP contribution in [0, 0.1) is 0 Å². The van der Waals surface area contributed by atoms with Crippen LogP contribution in [0.4, 0.5) is 0 Å². The van der Waals surface area contributed by atoms with E-state index in [1.54, 1.807) is 6.08 Å². The molecule has 2 amide bonds. The van der Waals surface area contributed by atoms with E-state index in [-0.39, 0.29) is 25.4 Å². The van der Waals surface area contributed by atoms with Gasteiger partial charge < -0.3 is 30.6 Å². The quantitative estimate of drug-likeness (QED) is 0.0734. The first kappa shape index (κ1) is 36.6. The average Bonchev–Trinajstić information content (AvgIpc) is 3.08. The van der Waals surface area contributed by atoms with Crippen LogP contribution in [-0.2, 0) is 19.1 Å². The van der Waals surface area contributed by atoms with Crippen LogP contribution in [0.5, 0.6) is 11.5 Å². The maximum Gasteiger partial charge on any atom is 0.328 e. The predicted molar refractivity (Wildman–Crippen MR) is 189 cm³/mol. The first-order chi connectivity index (χ1) is 22.4. The van der Waals surface area contributed by atoms with Gasteiger partial charge in [0.1, 0.15) is 30.2 Å². The zero-order chi connectivity index (χ0) is 32.9. The van der Waals surface area contributed by atoms with Gasteiger partial charge in [-0.15, -0.1) is 19.0 Å². The second kappa shape index (κ2) is 18.3. The predicted octanol–water partition coefficient (Wildman–Crippen LogP) is 5.87. The average molecular weight is 660 g/mol. The third kappa shape index (κ3) is 9.34. The summed E-state index contributed by atoms with van der Waals surface area (Å²) in [6, 6.07) is 21.8. The molecular formula is C37H42ClN3O6. The molecule has 0 spiro atoms. The Kier molecular flexibility index (Phi) is 14.3. The van der Waals surface area contributed by atoms with Gasteiger partial charge >= 0.3 is 5.97 Å². The van der Waals surface area contributed by atoms with Gasteiger partial charge in [-0.25, -0.2) is 4.79 Å². The van der Waals surface area contributed by atoms with Gasteiger partial charge in [0.2, 0.25) is 5.91 Å². The third-order valence-corrected chi connectivity index (χ3v) is 7.55. The number of rotatable bonds is 17. The summed E-state index contributed by atoms with van der Waals surface area (Å²) in [5, 5.41) is 9.36. The van der Waals surface area contributed by atoms with Crippen LogP contribution in [0.1, 0.15) is 25.7 Å². The molecule has 4 aromatic carbocycles. The number of nitrogens with one attached hydrogen (secondary N) is 2. The Morgan fingerprint density at radius 2 is 1.38 bits per heavy atom. The number of hydrogen-bond donors (Lipinski definition) is 3. The van der Waals surface area contributed by atoms with E-state index >= 15 is 0 Å². The molecule has 47 heavy (non-hydrogen) atoms. The van der Waals surface area contributed by atoms with Crippen LogP contribution in [0.3, 0.4) is 0 Å². The lowest BCUT2D eigenvalue weighted by atomic mass is 9.92. The van der Waals surface area contributed by atoms with Crippen molar-refractivity contribution in [2.75, 3.05) is 26.9 Å². The molecule has 0 heterocycles. The summed E-state index contributed by atoms with van der Waals surface area (Å²) in [6.45, 7) is 7.85. The zero-order valence-corrected chi connectivity index (χ0v) is 27.4.